The van der Waals surface area contributed by atoms with Gasteiger partial charge in [0.15, 0.2) is 0 Å². The Kier molecular flexibility index (Phi) is 2.20. The summed E-state index contributed by atoms with van der Waals surface area (Å²) >= 11 is 0. The molecule has 0 aliphatic carbocycles. The highest BCUT2D eigenvalue weighted by Gasteiger charge is 2.02. The van der Waals surface area contributed by atoms with Crippen LogP contribution in [0.5, 0.6) is 0 Å². The van der Waals surface area contributed by atoms with Crippen LogP contribution in [0.2, 0.25) is 0 Å². The maximum Gasteiger partial charge on any atom is 0.113 e. The molecule has 2 aromatic rings. The summed E-state index contributed by atoms with van der Waals surface area (Å²) in [6, 6.07) is 12.2. The molecule has 0 spiro atoms. The summed E-state index contributed by atoms with van der Waals surface area (Å²) in [4.78, 5) is 0. The minimum atomic E-state index is 0.802. The number of aromatic nitrogens is 1. The molecular formula is C12H12BN. The van der Waals surface area contributed by atoms with Gasteiger partial charge in [0.05, 0.1) is 0 Å². The maximum absolute atomic E-state index is 5.65. The summed E-state index contributed by atoms with van der Waals surface area (Å²) in [5.74, 6) is 0. The molecule has 0 aliphatic heterocycles. The van der Waals surface area contributed by atoms with Crippen LogP contribution < -0.4 is 5.46 Å². The number of nitrogens with zero attached hydrogens (tertiary/aromatic N) is 1. The van der Waals surface area contributed by atoms with Gasteiger partial charge in [0.1, 0.15) is 7.85 Å². The summed E-state index contributed by atoms with van der Waals surface area (Å²) in [5.41, 5.74) is 4.45. The van der Waals surface area contributed by atoms with Gasteiger partial charge >= 0.3 is 0 Å². The van der Waals surface area contributed by atoms with Gasteiger partial charge in [-0.05, 0) is 38.1 Å². The van der Waals surface area contributed by atoms with E-state index in [0.29, 0.717) is 0 Å². The van der Waals surface area contributed by atoms with E-state index >= 15 is 0 Å². The van der Waals surface area contributed by atoms with Crippen LogP contribution in [0.1, 0.15) is 11.4 Å². The van der Waals surface area contributed by atoms with E-state index in [0.717, 1.165) is 5.46 Å². The fourth-order valence-electron chi connectivity index (χ4n) is 1.70. The first-order valence-corrected chi connectivity index (χ1v) is 4.69. The van der Waals surface area contributed by atoms with E-state index in [1.54, 1.807) is 0 Å². The van der Waals surface area contributed by atoms with Crippen LogP contribution in [0.4, 0.5) is 0 Å². The van der Waals surface area contributed by atoms with Gasteiger partial charge in [-0.25, -0.2) is 0 Å². The number of rotatable bonds is 1. The lowest BCUT2D eigenvalue weighted by atomic mass is 9.96. The molecule has 0 N–H and O–H groups in total. The fourth-order valence-corrected chi connectivity index (χ4v) is 1.70. The second kappa shape index (κ2) is 3.37. The molecule has 0 unspecified atom stereocenters. The predicted octanol–water partition coefficient (Wildman–Crippen LogP) is 1.89. The van der Waals surface area contributed by atoms with Crippen molar-refractivity contribution in [1.82, 2.24) is 4.57 Å². The van der Waals surface area contributed by atoms with Crippen LogP contribution in [-0.4, -0.2) is 12.4 Å². The monoisotopic (exact) mass is 181 g/mol. The van der Waals surface area contributed by atoms with Crippen LogP contribution in [0.3, 0.4) is 0 Å². The predicted molar refractivity (Wildman–Crippen MR) is 60.6 cm³/mol. The van der Waals surface area contributed by atoms with Crippen LogP contribution in [0, 0.1) is 13.8 Å². The zero-order chi connectivity index (χ0) is 10.1. The normalized spacial score (nSPS) is 10.4. The van der Waals surface area contributed by atoms with Gasteiger partial charge in [-0.2, -0.15) is 0 Å². The first-order chi connectivity index (χ1) is 6.68. The lowest BCUT2D eigenvalue weighted by molar-refractivity contribution is 0.966. The lowest BCUT2D eigenvalue weighted by Gasteiger charge is -2.09. The third-order valence-corrected chi connectivity index (χ3v) is 2.42. The number of hydrogen-bond acceptors (Lipinski definition) is 0. The topological polar surface area (TPSA) is 4.93 Å². The quantitative estimate of drug-likeness (QED) is 0.592. The van der Waals surface area contributed by atoms with E-state index in [2.05, 4.69) is 30.5 Å². The van der Waals surface area contributed by atoms with Gasteiger partial charge in [0.2, 0.25) is 0 Å². The average molecular weight is 181 g/mol. The zero-order valence-electron chi connectivity index (χ0n) is 8.49. The minimum Gasteiger partial charge on any atom is -0.319 e. The van der Waals surface area contributed by atoms with E-state index in [-0.39, 0.29) is 0 Å². The summed E-state index contributed by atoms with van der Waals surface area (Å²) in [5, 5.41) is 0. The second-order valence-electron chi connectivity index (χ2n) is 3.54. The highest BCUT2D eigenvalue weighted by molar-refractivity contribution is 6.32. The summed E-state index contributed by atoms with van der Waals surface area (Å²) in [7, 11) is 5.65. The number of hydrogen-bond donors (Lipinski definition) is 0. The molecule has 14 heavy (non-hydrogen) atoms. The molecule has 2 radical (unpaired) electrons. The Hall–Kier alpha value is -1.44. The molecule has 0 aliphatic rings. The molecule has 0 bridgehead atoms. The van der Waals surface area contributed by atoms with Crippen molar-refractivity contribution in [2.24, 2.45) is 0 Å². The molecule has 0 fully saturated rings. The molecular weight excluding hydrogens is 169 g/mol. The van der Waals surface area contributed by atoms with Crippen LogP contribution in [0.15, 0.2) is 36.4 Å². The van der Waals surface area contributed by atoms with Gasteiger partial charge in [0, 0.05) is 17.1 Å². The smallest absolute Gasteiger partial charge is 0.113 e. The van der Waals surface area contributed by atoms with E-state index in [9.17, 15) is 0 Å². The molecule has 1 nitrogen and oxygen atoms in total. The SMILES string of the molecule is [B]c1ccc(-n2c(C)ccc2C)cc1. The molecule has 1 aromatic carbocycles. The Morgan fingerprint density at radius 1 is 0.857 bits per heavy atom. The zero-order valence-corrected chi connectivity index (χ0v) is 8.49. The maximum atomic E-state index is 5.65. The third kappa shape index (κ3) is 1.48. The molecule has 0 amide bonds. The van der Waals surface area contributed by atoms with Gasteiger partial charge in [-0.15, -0.1) is 0 Å². The van der Waals surface area contributed by atoms with E-state index in [4.69, 9.17) is 7.85 Å². The molecule has 1 heterocycles. The Bertz CT molecular complexity index is 420. The van der Waals surface area contributed by atoms with Crippen molar-refractivity contribution in [2.75, 3.05) is 0 Å². The van der Waals surface area contributed by atoms with Gasteiger partial charge in [0.25, 0.3) is 0 Å². The number of benzene rings is 1. The van der Waals surface area contributed by atoms with Crippen molar-refractivity contribution >= 4 is 13.3 Å². The average Bonchev–Trinajstić information content (AvgIpc) is 2.49. The molecule has 2 rings (SSSR count). The standard InChI is InChI=1S/C12H12BN/c1-9-3-4-10(2)14(9)12-7-5-11(13)6-8-12/h3-8H,1-2H3. The van der Waals surface area contributed by atoms with Gasteiger partial charge in [-0.1, -0.05) is 17.6 Å². The first kappa shape index (κ1) is 9.13. The fraction of sp³-hybridized carbons (Fsp3) is 0.167. The largest absolute Gasteiger partial charge is 0.319 e. The van der Waals surface area contributed by atoms with Gasteiger partial charge in [-0.3, -0.25) is 0 Å². The van der Waals surface area contributed by atoms with Crippen molar-refractivity contribution in [1.29, 1.82) is 0 Å². The summed E-state index contributed by atoms with van der Waals surface area (Å²) in [6.45, 7) is 4.20. The van der Waals surface area contributed by atoms with Crippen molar-refractivity contribution in [3.63, 3.8) is 0 Å². The van der Waals surface area contributed by atoms with E-state index in [1.807, 2.05) is 24.3 Å². The molecule has 0 saturated heterocycles. The third-order valence-electron chi connectivity index (χ3n) is 2.42. The molecule has 0 atom stereocenters. The number of aryl methyl sites for hydroxylation is 2. The molecule has 68 valence electrons. The van der Waals surface area contributed by atoms with Gasteiger partial charge < -0.3 is 4.57 Å². The Balaban J connectivity index is 2.54. The van der Waals surface area contributed by atoms with E-state index in [1.165, 1.54) is 17.1 Å². The van der Waals surface area contributed by atoms with Crippen molar-refractivity contribution in [3.05, 3.63) is 47.8 Å². The summed E-state index contributed by atoms with van der Waals surface area (Å²) < 4.78 is 2.21. The van der Waals surface area contributed by atoms with Crippen LogP contribution in [-0.2, 0) is 0 Å². The Morgan fingerprint density at radius 2 is 1.36 bits per heavy atom. The van der Waals surface area contributed by atoms with Crippen molar-refractivity contribution in [2.45, 2.75) is 13.8 Å². The minimum absolute atomic E-state index is 0.802. The van der Waals surface area contributed by atoms with Crippen LogP contribution in [0.25, 0.3) is 5.69 Å². The second-order valence-corrected chi connectivity index (χ2v) is 3.54. The highest BCUT2D eigenvalue weighted by Crippen LogP contribution is 2.14. The Morgan fingerprint density at radius 3 is 1.86 bits per heavy atom. The van der Waals surface area contributed by atoms with Crippen LogP contribution >= 0.6 is 0 Å². The molecule has 1 aromatic heterocycles. The molecule has 2 heteroatoms. The summed E-state index contributed by atoms with van der Waals surface area (Å²) in [6.07, 6.45) is 0. The molecule has 0 saturated carbocycles. The highest BCUT2D eigenvalue weighted by atomic mass is 15.0. The van der Waals surface area contributed by atoms with Crippen molar-refractivity contribution in [3.8, 4) is 5.69 Å². The first-order valence-electron chi connectivity index (χ1n) is 4.69. The van der Waals surface area contributed by atoms with E-state index < -0.39 is 0 Å². The lowest BCUT2D eigenvalue weighted by Crippen LogP contribution is -2.04. The van der Waals surface area contributed by atoms with Crippen molar-refractivity contribution < 1.29 is 0 Å². The Labute approximate surface area is 85.8 Å².